The first-order chi connectivity index (χ1) is 9.97. The first kappa shape index (κ1) is 16.3. The molecule has 0 amide bonds. The standard InChI is InChI=1S/C17H19BrClNO/c1-10-7-11(2)16(15(8-10)21-4)17(20-3)12-5-6-14(19)13(18)9-12/h5-9,17,20H,1-4H3. The van der Waals surface area contributed by atoms with Crippen molar-refractivity contribution in [2.75, 3.05) is 14.2 Å². The van der Waals surface area contributed by atoms with E-state index in [2.05, 4.69) is 47.2 Å². The lowest BCUT2D eigenvalue weighted by atomic mass is 9.93. The van der Waals surface area contributed by atoms with E-state index in [4.69, 9.17) is 16.3 Å². The minimum absolute atomic E-state index is 0.0501. The van der Waals surface area contributed by atoms with E-state index in [0.29, 0.717) is 5.02 Å². The molecule has 2 nitrogen and oxygen atoms in total. The van der Waals surface area contributed by atoms with E-state index in [-0.39, 0.29) is 6.04 Å². The number of benzene rings is 2. The highest BCUT2D eigenvalue weighted by atomic mass is 79.9. The van der Waals surface area contributed by atoms with Crippen LogP contribution < -0.4 is 10.1 Å². The summed E-state index contributed by atoms with van der Waals surface area (Å²) < 4.78 is 6.48. The van der Waals surface area contributed by atoms with Gasteiger partial charge in [-0.1, -0.05) is 23.7 Å². The van der Waals surface area contributed by atoms with Crippen LogP contribution in [0.3, 0.4) is 0 Å². The molecule has 1 unspecified atom stereocenters. The second-order valence-electron chi connectivity index (χ2n) is 5.09. The van der Waals surface area contributed by atoms with Gasteiger partial charge >= 0.3 is 0 Å². The fraction of sp³-hybridized carbons (Fsp3) is 0.294. The number of methoxy groups -OCH3 is 1. The lowest BCUT2D eigenvalue weighted by molar-refractivity contribution is 0.404. The van der Waals surface area contributed by atoms with Crippen LogP contribution in [0, 0.1) is 13.8 Å². The molecule has 0 radical (unpaired) electrons. The summed E-state index contributed by atoms with van der Waals surface area (Å²) in [6, 6.07) is 10.3. The maximum atomic E-state index is 6.09. The molecule has 112 valence electrons. The van der Waals surface area contributed by atoms with E-state index in [1.807, 2.05) is 25.2 Å². The van der Waals surface area contributed by atoms with Crippen LogP contribution in [0.1, 0.15) is 28.3 Å². The first-order valence-electron chi connectivity index (χ1n) is 6.75. The van der Waals surface area contributed by atoms with E-state index < -0.39 is 0 Å². The van der Waals surface area contributed by atoms with E-state index in [1.165, 1.54) is 11.1 Å². The number of halogens is 2. The van der Waals surface area contributed by atoms with Crippen LogP contribution in [-0.4, -0.2) is 14.2 Å². The van der Waals surface area contributed by atoms with Crippen LogP contribution in [-0.2, 0) is 0 Å². The van der Waals surface area contributed by atoms with Crippen LogP contribution in [0.4, 0.5) is 0 Å². The number of hydrogen-bond donors (Lipinski definition) is 1. The molecule has 0 aliphatic rings. The Morgan fingerprint density at radius 2 is 1.90 bits per heavy atom. The van der Waals surface area contributed by atoms with Gasteiger partial charge in [0.1, 0.15) is 5.75 Å². The molecular weight excluding hydrogens is 350 g/mol. The van der Waals surface area contributed by atoms with Crippen molar-refractivity contribution in [3.8, 4) is 5.75 Å². The molecule has 2 rings (SSSR count). The molecule has 0 spiro atoms. The maximum absolute atomic E-state index is 6.09. The number of rotatable bonds is 4. The third-order valence-electron chi connectivity index (χ3n) is 3.57. The molecule has 1 atom stereocenters. The smallest absolute Gasteiger partial charge is 0.124 e. The molecule has 2 aromatic carbocycles. The molecule has 0 bridgehead atoms. The zero-order valence-corrected chi connectivity index (χ0v) is 15.0. The number of aryl methyl sites for hydroxylation is 2. The van der Waals surface area contributed by atoms with E-state index in [0.717, 1.165) is 21.3 Å². The minimum atomic E-state index is 0.0501. The first-order valence-corrected chi connectivity index (χ1v) is 7.92. The lowest BCUT2D eigenvalue weighted by Crippen LogP contribution is -2.19. The van der Waals surface area contributed by atoms with Crippen molar-refractivity contribution >= 4 is 27.5 Å². The van der Waals surface area contributed by atoms with Crippen molar-refractivity contribution in [2.45, 2.75) is 19.9 Å². The molecule has 0 saturated carbocycles. The Hall–Kier alpha value is -1.03. The maximum Gasteiger partial charge on any atom is 0.124 e. The summed E-state index contributed by atoms with van der Waals surface area (Å²) in [7, 11) is 3.66. The predicted molar refractivity (Wildman–Crippen MR) is 92.5 cm³/mol. The van der Waals surface area contributed by atoms with Gasteiger partial charge in [-0.3, -0.25) is 0 Å². The largest absolute Gasteiger partial charge is 0.496 e. The van der Waals surface area contributed by atoms with E-state index >= 15 is 0 Å². The van der Waals surface area contributed by atoms with Gasteiger partial charge in [0.2, 0.25) is 0 Å². The Balaban J connectivity index is 2.58. The normalized spacial score (nSPS) is 12.3. The van der Waals surface area contributed by atoms with Crippen LogP contribution in [0.5, 0.6) is 5.75 Å². The molecule has 1 N–H and O–H groups in total. The summed E-state index contributed by atoms with van der Waals surface area (Å²) in [5.41, 5.74) is 4.69. The summed E-state index contributed by atoms with van der Waals surface area (Å²) in [6.07, 6.45) is 0. The summed E-state index contributed by atoms with van der Waals surface area (Å²) >= 11 is 9.58. The number of nitrogens with one attached hydrogen (secondary N) is 1. The summed E-state index contributed by atoms with van der Waals surface area (Å²) in [4.78, 5) is 0. The molecule has 0 heterocycles. The van der Waals surface area contributed by atoms with Gasteiger partial charge in [0.15, 0.2) is 0 Å². The van der Waals surface area contributed by atoms with Gasteiger partial charge in [-0.25, -0.2) is 0 Å². The lowest BCUT2D eigenvalue weighted by Gasteiger charge is -2.23. The summed E-state index contributed by atoms with van der Waals surface area (Å²) in [5.74, 6) is 0.901. The molecule has 0 saturated heterocycles. The Morgan fingerprint density at radius 3 is 2.48 bits per heavy atom. The molecule has 0 fully saturated rings. The fourth-order valence-electron chi connectivity index (χ4n) is 2.65. The van der Waals surface area contributed by atoms with Gasteiger partial charge < -0.3 is 10.1 Å². The highest BCUT2D eigenvalue weighted by Gasteiger charge is 2.20. The summed E-state index contributed by atoms with van der Waals surface area (Å²) in [5, 5.41) is 4.08. The molecule has 2 aromatic rings. The molecule has 21 heavy (non-hydrogen) atoms. The van der Waals surface area contributed by atoms with Crippen LogP contribution in [0.15, 0.2) is 34.8 Å². The minimum Gasteiger partial charge on any atom is -0.496 e. The van der Waals surface area contributed by atoms with Crippen molar-refractivity contribution in [3.05, 3.63) is 62.1 Å². The molecule has 0 aliphatic heterocycles. The van der Waals surface area contributed by atoms with Gasteiger partial charge in [0.25, 0.3) is 0 Å². The van der Waals surface area contributed by atoms with Crippen molar-refractivity contribution in [1.29, 1.82) is 0 Å². The molecule has 0 aromatic heterocycles. The summed E-state index contributed by atoms with van der Waals surface area (Å²) in [6.45, 7) is 4.19. The zero-order chi connectivity index (χ0) is 15.6. The number of ether oxygens (including phenoxy) is 1. The van der Waals surface area contributed by atoms with Crippen molar-refractivity contribution in [1.82, 2.24) is 5.32 Å². The fourth-order valence-corrected chi connectivity index (χ4v) is 3.16. The van der Waals surface area contributed by atoms with Crippen LogP contribution in [0.25, 0.3) is 0 Å². The third kappa shape index (κ3) is 3.42. The average molecular weight is 369 g/mol. The van der Waals surface area contributed by atoms with E-state index in [9.17, 15) is 0 Å². The highest BCUT2D eigenvalue weighted by Crippen LogP contribution is 2.35. The Morgan fingerprint density at radius 1 is 1.19 bits per heavy atom. The Bertz CT molecular complexity index is 657. The predicted octanol–water partition coefficient (Wildman–Crippen LogP) is 5.04. The highest BCUT2D eigenvalue weighted by molar-refractivity contribution is 9.10. The molecular formula is C17H19BrClNO. The van der Waals surface area contributed by atoms with E-state index in [1.54, 1.807) is 7.11 Å². The molecule has 0 aliphatic carbocycles. The van der Waals surface area contributed by atoms with Gasteiger partial charge in [-0.05, 0) is 71.7 Å². The van der Waals surface area contributed by atoms with Crippen molar-refractivity contribution < 1.29 is 4.74 Å². The Labute approximate surface area is 139 Å². The van der Waals surface area contributed by atoms with Gasteiger partial charge in [0, 0.05) is 10.0 Å². The average Bonchev–Trinajstić information content (AvgIpc) is 2.45. The quantitative estimate of drug-likeness (QED) is 0.816. The van der Waals surface area contributed by atoms with Crippen LogP contribution >= 0.6 is 27.5 Å². The number of hydrogen-bond acceptors (Lipinski definition) is 2. The van der Waals surface area contributed by atoms with Crippen molar-refractivity contribution in [2.24, 2.45) is 0 Å². The molecule has 4 heteroatoms. The zero-order valence-electron chi connectivity index (χ0n) is 12.6. The van der Waals surface area contributed by atoms with Gasteiger partial charge in [0.05, 0.1) is 18.2 Å². The third-order valence-corrected chi connectivity index (χ3v) is 4.78. The second-order valence-corrected chi connectivity index (χ2v) is 6.35. The van der Waals surface area contributed by atoms with Gasteiger partial charge in [-0.2, -0.15) is 0 Å². The monoisotopic (exact) mass is 367 g/mol. The Kier molecular flexibility index (Phi) is 5.31. The second kappa shape index (κ2) is 6.82. The van der Waals surface area contributed by atoms with Crippen molar-refractivity contribution in [3.63, 3.8) is 0 Å². The SMILES string of the molecule is CNC(c1ccc(Cl)c(Br)c1)c1c(C)cc(C)cc1OC. The van der Waals surface area contributed by atoms with Crippen LogP contribution in [0.2, 0.25) is 5.02 Å². The van der Waals surface area contributed by atoms with Gasteiger partial charge in [-0.15, -0.1) is 0 Å². The topological polar surface area (TPSA) is 21.3 Å².